The summed E-state index contributed by atoms with van der Waals surface area (Å²) in [5.41, 5.74) is 4.06. The Morgan fingerprint density at radius 1 is 0.833 bits per heavy atom. The lowest BCUT2D eigenvalue weighted by Gasteiger charge is -2.04. The van der Waals surface area contributed by atoms with E-state index < -0.39 is 0 Å². The first-order chi connectivity index (χ1) is 11.3. The van der Waals surface area contributed by atoms with Crippen molar-refractivity contribution in [3.8, 4) is 0 Å². The van der Waals surface area contributed by atoms with Crippen molar-refractivity contribution < 1.29 is 14.3 Å². The Labute approximate surface area is 147 Å². The molecule has 136 valence electrons. The van der Waals surface area contributed by atoms with Crippen molar-refractivity contribution in [2.75, 3.05) is 13.7 Å². The molecular weight excluding hydrogens is 302 g/mol. The van der Waals surface area contributed by atoms with Crippen molar-refractivity contribution in [2.45, 2.75) is 66.2 Å². The number of methoxy groups -OCH3 is 1. The van der Waals surface area contributed by atoms with E-state index in [4.69, 9.17) is 0 Å². The van der Waals surface area contributed by atoms with Crippen molar-refractivity contribution in [1.29, 1.82) is 0 Å². The van der Waals surface area contributed by atoms with Gasteiger partial charge in [-0.15, -0.1) is 0 Å². The smallest absolute Gasteiger partial charge is 0.306 e. The van der Waals surface area contributed by atoms with Crippen LogP contribution in [-0.2, 0) is 14.3 Å². The monoisotopic (exact) mass is 335 g/mol. The number of carbonyl (C=O) groups excluding carboxylic acids is 2. The van der Waals surface area contributed by atoms with Crippen molar-refractivity contribution >= 4 is 11.9 Å². The van der Waals surface area contributed by atoms with Crippen molar-refractivity contribution in [2.24, 2.45) is 0 Å². The third-order valence-electron chi connectivity index (χ3n) is 3.66. The lowest BCUT2D eigenvalue weighted by molar-refractivity contribution is -0.142. The molecule has 0 aromatic carbocycles. The molecule has 1 N–H and O–H groups in total. The molecule has 0 fully saturated rings. The number of hydrogen-bond acceptors (Lipinski definition) is 3. The molecule has 0 saturated carbocycles. The molecular formula is C20H33NO3. The van der Waals surface area contributed by atoms with Crippen LogP contribution >= 0.6 is 0 Å². The molecule has 0 aliphatic rings. The topological polar surface area (TPSA) is 55.4 Å². The number of nitrogens with one attached hydrogen (secondary N) is 1. The van der Waals surface area contributed by atoms with Crippen molar-refractivity contribution in [1.82, 2.24) is 5.32 Å². The molecule has 0 aromatic heterocycles. The van der Waals surface area contributed by atoms with Crippen LogP contribution in [0.2, 0.25) is 0 Å². The minimum atomic E-state index is -0.358. The van der Waals surface area contributed by atoms with E-state index in [2.05, 4.69) is 49.9 Å². The van der Waals surface area contributed by atoms with E-state index in [-0.39, 0.29) is 24.7 Å². The zero-order chi connectivity index (χ0) is 18.4. The summed E-state index contributed by atoms with van der Waals surface area (Å²) in [6.45, 7) is 9.02. The number of carbonyl (C=O) groups is 2. The van der Waals surface area contributed by atoms with Gasteiger partial charge in [-0.1, -0.05) is 34.9 Å². The van der Waals surface area contributed by atoms with E-state index in [1.54, 1.807) is 0 Å². The van der Waals surface area contributed by atoms with Crippen LogP contribution in [0.25, 0.3) is 0 Å². The predicted octanol–water partition coefficient (Wildman–Crippen LogP) is 4.48. The lowest BCUT2D eigenvalue weighted by atomic mass is 10.1. The third-order valence-corrected chi connectivity index (χ3v) is 3.66. The molecule has 0 aliphatic carbocycles. The van der Waals surface area contributed by atoms with E-state index in [0.29, 0.717) is 6.54 Å². The van der Waals surface area contributed by atoms with Crippen LogP contribution in [0.1, 0.15) is 66.2 Å². The van der Waals surface area contributed by atoms with Crippen LogP contribution in [-0.4, -0.2) is 25.5 Å². The maximum Gasteiger partial charge on any atom is 0.306 e. The van der Waals surface area contributed by atoms with Gasteiger partial charge in [0.1, 0.15) is 0 Å². The molecule has 0 aliphatic heterocycles. The standard InChI is InChI=1S/C20H33NO3/c1-16(2)8-6-9-17(3)10-7-11-18(4)14-15-21-19(22)12-13-20(23)24-5/h8,10,14H,6-7,9,11-13,15H2,1-5H3,(H,21,22)/b17-10+,18-14+. The van der Waals surface area contributed by atoms with Crippen LogP contribution < -0.4 is 5.32 Å². The molecule has 0 bridgehead atoms. The van der Waals surface area contributed by atoms with E-state index >= 15 is 0 Å². The summed E-state index contributed by atoms with van der Waals surface area (Å²) in [5, 5.41) is 2.79. The Balaban J connectivity index is 3.92. The number of hydrogen-bond donors (Lipinski definition) is 1. The normalized spacial score (nSPS) is 11.9. The van der Waals surface area contributed by atoms with E-state index in [1.807, 2.05) is 6.08 Å². The average molecular weight is 335 g/mol. The Hall–Kier alpha value is -1.84. The largest absolute Gasteiger partial charge is 0.469 e. The molecule has 0 unspecified atom stereocenters. The van der Waals surface area contributed by atoms with Gasteiger partial charge < -0.3 is 10.1 Å². The summed E-state index contributed by atoms with van der Waals surface area (Å²) in [5.74, 6) is -0.483. The van der Waals surface area contributed by atoms with Gasteiger partial charge in [0.2, 0.25) is 5.91 Å². The molecule has 0 heterocycles. The maximum absolute atomic E-state index is 11.5. The highest BCUT2D eigenvalue weighted by Gasteiger charge is 2.05. The van der Waals surface area contributed by atoms with Crippen LogP contribution in [0.15, 0.2) is 34.9 Å². The van der Waals surface area contributed by atoms with E-state index in [9.17, 15) is 9.59 Å². The molecule has 4 heteroatoms. The zero-order valence-electron chi connectivity index (χ0n) is 15.9. The quantitative estimate of drug-likeness (QED) is 0.447. The fourth-order valence-corrected chi connectivity index (χ4v) is 2.08. The molecule has 0 aromatic rings. The van der Waals surface area contributed by atoms with Crippen LogP contribution in [0, 0.1) is 0 Å². The number of rotatable bonds is 11. The minimum Gasteiger partial charge on any atom is -0.469 e. The van der Waals surface area contributed by atoms with Crippen LogP contribution in [0.5, 0.6) is 0 Å². The Morgan fingerprint density at radius 3 is 2.00 bits per heavy atom. The molecule has 4 nitrogen and oxygen atoms in total. The number of amides is 1. The first kappa shape index (κ1) is 22.2. The fraction of sp³-hybridized carbons (Fsp3) is 0.600. The zero-order valence-corrected chi connectivity index (χ0v) is 15.9. The van der Waals surface area contributed by atoms with Gasteiger partial charge in [-0.2, -0.15) is 0 Å². The Kier molecular flexibility index (Phi) is 12.5. The summed E-state index contributed by atoms with van der Waals surface area (Å²) in [7, 11) is 1.32. The van der Waals surface area contributed by atoms with Crippen LogP contribution in [0.3, 0.4) is 0 Å². The van der Waals surface area contributed by atoms with Crippen LogP contribution in [0.4, 0.5) is 0 Å². The number of ether oxygens (including phenoxy) is 1. The summed E-state index contributed by atoms with van der Waals surface area (Å²) in [6.07, 6.45) is 11.1. The van der Waals surface area contributed by atoms with Gasteiger partial charge >= 0.3 is 5.97 Å². The van der Waals surface area contributed by atoms with Gasteiger partial charge in [0.25, 0.3) is 0 Å². The molecule has 24 heavy (non-hydrogen) atoms. The Bertz CT molecular complexity index is 483. The molecule has 1 amide bonds. The van der Waals surface area contributed by atoms with E-state index in [0.717, 1.165) is 25.7 Å². The maximum atomic E-state index is 11.5. The molecule has 0 spiro atoms. The molecule has 0 rings (SSSR count). The van der Waals surface area contributed by atoms with Crippen molar-refractivity contribution in [3.63, 3.8) is 0 Å². The molecule has 0 radical (unpaired) electrons. The fourth-order valence-electron chi connectivity index (χ4n) is 2.08. The molecule has 0 atom stereocenters. The van der Waals surface area contributed by atoms with Gasteiger partial charge in [0.15, 0.2) is 0 Å². The predicted molar refractivity (Wildman–Crippen MR) is 99.7 cm³/mol. The summed E-state index contributed by atoms with van der Waals surface area (Å²) in [6, 6.07) is 0. The molecule has 0 saturated heterocycles. The summed E-state index contributed by atoms with van der Waals surface area (Å²) in [4.78, 5) is 22.5. The van der Waals surface area contributed by atoms with Crippen molar-refractivity contribution in [3.05, 3.63) is 34.9 Å². The van der Waals surface area contributed by atoms with Gasteiger partial charge in [0, 0.05) is 13.0 Å². The first-order valence-corrected chi connectivity index (χ1v) is 8.63. The average Bonchev–Trinajstić information content (AvgIpc) is 2.52. The Morgan fingerprint density at radius 2 is 1.42 bits per heavy atom. The van der Waals surface area contributed by atoms with E-state index in [1.165, 1.54) is 23.8 Å². The lowest BCUT2D eigenvalue weighted by Crippen LogP contribution is -2.24. The second-order valence-electron chi connectivity index (χ2n) is 6.34. The second kappa shape index (κ2) is 13.6. The first-order valence-electron chi connectivity index (χ1n) is 8.63. The third kappa shape index (κ3) is 13.8. The summed E-state index contributed by atoms with van der Waals surface area (Å²) < 4.78 is 4.50. The van der Waals surface area contributed by atoms with Gasteiger partial charge in [0.05, 0.1) is 13.5 Å². The van der Waals surface area contributed by atoms with Gasteiger partial charge in [-0.25, -0.2) is 0 Å². The van der Waals surface area contributed by atoms with Gasteiger partial charge in [-0.3, -0.25) is 9.59 Å². The number of allylic oxidation sites excluding steroid dienone is 5. The highest BCUT2D eigenvalue weighted by Crippen LogP contribution is 2.11. The van der Waals surface area contributed by atoms with Gasteiger partial charge in [-0.05, 0) is 53.4 Å². The summed E-state index contributed by atoms with van der Waals surface area (Å²) >= 11 is 0. The second-order valence-corrected chi connectivity index (χ2v) is 6.34. The SMILES string of the molecule is COC(=O)CCC(=O)NC/C=C(\C)CC/C=C(\C)CCC=C(C)C. The highest BCUT2D eigenvalue weighted by molar-refractivity contribution is 5.81. The number of esters is 1. The highest BCUT2D eigenvalue weighted by atomic mass is 16.5. The minimum absolute atomic E-state index is 0.125.